The van der Waals surface area contributed by atoms with Gasteiger partial charge in [0.15, 0.2) is 24.4 Å². The van der Waals surface area contributed by atoms with Gasteiger partial charge in [-0.15, -0.1) is 0 Å². The fourth-order valence-electron chi connectivity index (χ4n) is 19.2. The fraction of sp³-hybridized carbons (Fsp3) is 0.937. The Balaban J connectivity index is 6.36. The van der Waals surface area contributed by atoms with Gasteiger partial charge in [0, 0.05) is 51.4 Å². The van der Waals surface area contributed by atoms with Crippen molar-refractivity contribution in [1.29, 1.82) is 0 Å². The fourth-order valence-corrected chi connectivity index (χ4v) is 19.2. The maximum Gasteiger partial charge on any atom is 0.306 e. The Morgan fingerprint density at radius 3 is 0.340 bits per heavy atom. The predicted octanol–water partition coefficient (Wildman–Crippen LogP) is 37.1. The highest BCUT2D eigenvalue weighted by Gasteiger charge is 2.26. The van der Waals surface area contributed by atoms with Gasteiger partial charge in [0.2, 0.25) is 0 Å². The van der Waals surface area contributed by atoms with Crippen LogP contribution in [0.3, 0.4) is 0 Å². The van der Waals surface area contributed by atoms with E-state index in [2.05, 4.69) is 83.1 Å². The summed E-state index contributed by atoms with van der Waals surface area (Å²) in [6.45, 7) is 26.0. The lowest BCUT2D eigenvalue weighted by molar-refractivity contribution is -0.169. The van der Waals surface area contributed by atoms with Crippen molar-refractivity contribution < 1.29 is 85.7 Å². The standard InChI is InChI=1S/C126H238O18/c1-109(2)87-73-61-49-37-25-13-19-31-43-55-67-79-93-119(127)137-105-115(141-123(131)97-81-69-57-45-33-21-15-27-39-51-63-75-89-111(5)6)101-135-103-117(143-125(133)99-83-71-59-47-35-23-17-29-41-53-65-77-91-113(9)10)107-139-121(129)95-85-86-96-122(130)140-108-118(144-126(134)100-84-72-60-48-36-24-18-30-42-54-66-78-92-114(11)12)104-136-102-116(142-124(132)98-82-70-58-46-34-22-16-28-40-52-64-76-90-112(7)8)106-138-120(128)94-80-68-56-44-32-20-14-26-38-50-62-74-88-110(3)4/h109-118H,13-108H2,1-12H3. The Kier molecular flexibility index (Phi) is 105. The van der Waals surface area contributed by atoms with Gasteiger partial charge >= 0.3 is 47.8 Å². The molecule has 0 saturated carbocycles. The van der Waals surface area contributed by atoms with Crippen LogP contribution >= 0.6 is 0 Å². The Labute approximate surface area is 889 Å². The topological polar surface area (TPSA) is 229 Å². The number of esters is 8. The first-order valence-electron chi connectivity index (χ1n) is 62.5. The molecule has 0 bridgehead atoms. The molecule has 0 radical (unpaired) electrons. The summed E-state index contributed by atoms with van der Waals surface area (Å²) in [6, 6.07) is 0. The minimum atomic E-state index is -0.992. The molecule has 0 aromatic carbocycles. The summed E-state index contributed by atoms with van der Waals surface area (Å²) in [4.78, 5) is 108. The highest BCUT2D eigenvalue weighted by atomic mass is 16.6. The molecule has 4 unspecified atom stereocenters. The van der Waals surface area contributed by atoms with Crippen molar-refractivity contribution >= 4 is 47.8 Å². The van der Waals surface area contributed by atoms with Crippen LogP contribution in [0.15, 0.2) is 0 Å². The molecular formula is C126H238O18. The quantitative estimate of drug-likeness (QED) is 0.0313. The van der Waals surface area contributed by atoms with Gasteiger partial charge in [-0.1, -0.05) is 545 Å². The SMILES string of the molecule is CC(C)CCCCCCCCCCCCCCC(=O)OCC(COCC(COC(=O)CCCCC(=O)OCC(COCC(COC(=O)CCCCCCCCCCCCCCC(C)C)OC(=O)CCCCCCCCCCCCCCC(C)C)OC(=O)CCCCCCCCCCCCCCC(C)C)OC(=O)CCCCCCCCCCCCCCC(C)C)OC(=O)CCCCCCCCCCCCCCC(C)C. The minimum absolute atomic E-state index is 0.0411. The summed E-state index contributed by atoms with van der Waals surface area (Å²) >= 11 is 0. The average molecular weight is 2040 g/mol. The van der Waals surface area contributed by atoms with E-state index < -0.39 is 60.2 Å². The van der Waals surface area contributed by atoms with E-state index in [0.29, 0.717) is 25.7 Å². The van der Waals surface area contributed by atoms with Gasteiger partial charge in [-0.2, -0.15) is 0 Å². The molecule has 18 heteroatoms. The van der Waals surface area contributed by atoms with E-state index in [1.165, 1.54) is 347 Å². The van der Waals surface area contributed by atoms with Gasteiger partial charge in [-0.25, -0.2) is 0 Å². The molecule has 0 aromatic rings. The molecule has 4 atom stereocenters. The molecule has 0 aromatic heterocycles. The molecule has 0 aliphatic rings. The van der Waals surface area contributed by atoms with Crippen LogP contribution in [-0.2, 0) is 85.7 Å². The summed E-state index contributed by atoms with van der Waals surface area (Å²) in [5.41, 5.74) is 0. The molecule has 144 heavy (non-hydrogen) atoms. The lowest BCUT2D eigenvalue weighted by Gasteiger charge is -2.21. The van der Waals surface area contributed by atoms with E-state index in [1.54, 1.807) is 0 Å². The summed E-state index contributed by atoms with van der Waals surface area (Å²) < 4.78 is 59.6. The molecule has 18 nitrogen and oxygen atoms in total. The zero-order valence-electron chi connectivity index (χ0n) is 97.0. The third-order valence-electron chi connectivity index (χ3n) is 28.6. The highest BCUT2D eigenvalue weighted by molar-refractivity contribution is 5.73. The summed E-state index contributed by atoms with van der Waals surface area (Å²) in [7, 11) is 0. The second kappa shape index (κ2) is 108. The summed E-state index contributed by atoms with van der Waals surface area (Å²) in [5, 5.41) is 0. The molecular weight excluding hydrogens is 1800 g/mol. The van der Waals surface area contributed by atoms with Crippen molar-refractivity contribution in [2.24, 2.45) is 35.5 Å². The number of hydrogen-bond donors (Lipinski definition) is 0. The molecule has 0 amide bonds. The van der Waals surface area contributed by atoms with Gasteiger partial charge in [-0.05, 0) is 86.9 Å². The van der Waals surface area contributed by atoms with Gasteiger partial charge < -0.3 is 47.4 Å². The van der Waals surface area contributed by atoms with Crippen molar-refractivity contribution in [3.63, 3.8) is 0 Å². The van der Waals surface area contributed by atoms with Crippen LogP contribution in [-0.4, -0.2) is 125 Å². The lowest BCUT2D eigenvalue weighted by Crippen LogP contribution is -2.34. The van der Waals surface area contributed by atoms with Crippen LogP contribution < -0.4 is 0 Å². The highest BCUT2D eigenvalue weighted by Crippen LogP contribution is 2.25. The molecule has 0 saturated heterocycles. The average Bonchev–Trinajstić information content (AvgIpc) is 0.933. The van der Waals surface area contributed by atoms with Crippen molar-refractivity contribution in [2.75, 3.05) is 52.9 Å². The lowest BCUT2D eigenvalue weighted by atomic mass is 10.0. The van der Waals surface area contributed by atoms with E-state index >= 15 is 0 Å². The molecule has 0 aliphatic heterocycles. The van der Waals surface area contributed by atoms with Gasteiger partial charge in [0.05, 0.1) is 26.4 Å². The van der Waals surface area contributed by atoms with Gasteiger partial charge in [-0.3, -0.25) is 38.4 Å². The van der Waals surface area contributed by atoms with Crippen molar-refractivity contribution in [2.45, 2.75) is 673 Å². The molecule has 850 valence electrons. The van der Waals surface area contributed by atoms with Crippen LogP contribution in [0.1, 0.15) is 648 Å². The van der Waals surface area contributed by atoms with E-state index in [1.807, 2.05) is 0 Å². The molecule has 0 aliphatic carbocycles. The maximum atomic E-state index is 13.6. The normalized spacial score (nSPS) is 12.6. The van der Waals surface area contributed by atoms with Crippen LogP contribution in [0.5, 0.6) is 0 Å². The molecule has 0 heterocycles. The maximum absolute atomic E-state index is 13.6. The largest absolute Gasteiger partial charge is 0.462 e. The van der Waals surface area contributed by atoms with E-state index in [0.717, 1.165) is 164 Å². The van der Waals surface area contributed by atoms with Crippen LogP contribution in [0.4, 0.5) is 0 Å². The van der Waals surface area contributed by atoms with E-state index in [9.17, 15) is 38.4 Å². The number of ether oxygens (including phenoxy) is 10. The molecule has 0 rings (SSSR count). The number of carbonyl (C=O) groups excluding carboxylic acids is 8. The number of hydrogen-bond acceptors (Lipinski definition) is 18. The Morgan fingerprint density at radius 1 is 0.125 bits per heavy atom. The first kappa shape index (κ1) is 140. The second-order valence-corrected chi connectivity index (χ2v) is 46.5. The molecule has 0 spiro atoms. The zero-order valence-corrected chi connectivity index (χ0v) is 97.0. The first-order valence-corrected chi connectivity index (χ1v) is 62.5. The van der Waals surface area contributed by atoms with E-state index in [-0.39, 0.29) is 129 Å². The molecule has 0 fully saturated rings. The van der Waals surface area contributed by atoms with Crippen molar-refractivity contribution in [1.82, 2.24) is 0 Å². The monoisotopic (exact) mass is 2040 g/mol. The number of carbonyl (C=O) groups is 8. The number of unbranched alkanes of at least 4 members (excludes halogenated alkanes) is 67. The Morgan fingerprint density at radius 2 is 0.222 bits per heavy atom. The van der Waals surface area contributed by atoms with Crippen LogP contribution in [0.2, 0.25) is 0 Å². The Hall–Kier alpha value is -4.32. The smallest absolute Gasteiger partial charge is 0.306 e. The third kappa shape index (κ3) is 110. The molecule has 0 N–H and O–H groups in total. The minimum Gasteiger partial charge on any atom is -0.462 e. The predicted molar refractivity (Wildman–Crippen MR) is 600 cm³/mol. The van der Waals surface area contributed by atoms with Crippen LogP contribution in [0.25, 0.3) is 0 Å². The second-order valence-electron chi connectivity index (χ2n) is 46.5. The number of rotatable bonds is 115. The van der Waals surface area contributed by atoms with Crippen LogP contribution in [0, 0.1) is 35.5 Å². The third-order valence-corrected chi connectivity index (χ3v) is 28.6. The van der Waals surface area contributed by atoms with Gasteiger partial charge in [0.1, 0.15) is 26.4 Å². The zero-order chi connectivity index (χ0) is 105. The van der Waals surface area contributed by atoms with E-state index in [4.69, 9.17) is 47.4 Å². The van der Waals surface area contributed by atoms with Crippen molar-refractivity contribution in [3.05, 3.63) is 0 Å². The van der Waals surface area contributed by atoms with Crippen molar-refractivity contribution in [3.8, 4) is 0 Å². The first-order chi connectivity index (χ1) is 69.9. The van der Waals surface area contributed by atoms with Gasteiger partial charge in [0.25, 0.3) is 0 Å². The summed E-state index contributed by atoms with van der Waals surface area (Å²) in [5.74, 6) is 1.21. The summed E-state index contributed by atoms with van der Waals surface area (Å²) in [6.07, 6.45) is 90.7. The Bertz CT molecular complexity index is 2620.